The monoisotopic (exact) mass is 200 g/mol. The minimum absolute atomic E-state index is 0.863. The Labute approximate surface area is 84.7 Å². The van der Waals surface area contributed by atoms with Gasteiger partial charge in [-0.25, -0.2) is 0 Å². The van der Waals surface area contributed by atoms with Crippen molar-refractivity contribution in [3.63, 3.8) is 0 Å². The summed E-state index contributed by atoms with van der Waals surface area (Å²) in [6, 6.07) is 4.16. The molecular weight excluding hydrogens is 184 g/mol. The minimum Gasteiger partial charge on any atom is -0.175 e. The fourth-order valence-corrected chi connectivity index (χ4v) is 1.44. The van der Waals surface area contributed by atoms with Crippen LogP contribution in [0.5, 0.6) is 0 Å². The third-order valence-electron chi connectivity index (χ3n) is 1.16. The highest BCUT2D eigenvalue weighted by Gasteiger charge is 1.74. The van der Waals surface area contributed by atoms with Crippen molar-refractivity contribution in [2.24, 2.45) is 0 Å². The van der Waals surface area contributed by atoms with E-state index in [1.165, 1.54) is 10.5 Å². The second kappa shape index (κ2) is 7.44. The number of thiol groups is 1. The van der Waals surface area contributed by atoms with Crippen molar-refractivity contribution in [1.82, 2.24) is 0 Å². The highest BCUT2D eigenvalue weighted by molar-refractivity contribution is 7.80. The van der Waals surface area contributed by atoms with E-state index < -0.39 is 0 Å². The van der Waals surface area contributed by atoms with Crippen molar-refractivity contribution in [3.8, 4) is 0 Å². The topological polar surface area (TPSA) is 0 Å². The molecule has 0 atom stereocenters. The molecule has 0 aliphatic heterocycles. The van der Waals surface area contributed by atoms with Crippen LogP contribution in [0.25, 0.3) is 0 Å². The molecule has 0 bridgehead atoms. The van der Waals surface area contributed by atoms with E-state index in [-0.39, 0.29) is 0 Å². The second-order valence-electron chi connectivity index (χ2n) is 2.69. The lowest BCUT2D eigenvalue weighted by Gasteiger charge is -1.79. The maximum atomic E-state index is 3.98. The third-order valence-corrected chi connectivity index (χ3v) is 2.15. The zero-order chi connectivity index (χ0) is 9.40. The Kier molecular flexibility index (Phi) is 7.31. The first-order valence-corrected chi connectivity index (χ1v) is 5.42. The summed E-state index contributed by atoms with van der Waals surface area (Å²) in [6.45, 7) is 6.23. The first-order chi connectivity index (χ1) is 5.66. The van der Waals surface area contributed by atoms with E-state index in [2.05, 4.69) is 57.0 Å². The Morgan fingerprint density at radius 2 is 2.25 bits per heavy atom. The summed E-state index contributed by atoms with van der Waals surface area (Å²) in [7, 11) is 0. The molecule has 0 saturated heterocycles. The second-order valence-corrected chi connectivity index (χ2v) is 4.20. The molecule has 0 radical (unpaired) electrons. The molecule has 1 heterocycles. The van der Waals surface area contributed by atoms with Crippen LogP contribution in [0.4, 0.5) is 0 Å². The molecule has 0 spiro atoms. The van der Waals surface area contributed by atoms with Crippen molar-refractivity contribution in [1.29, 1.82) is 0 Å². The van der Waals surface area contributed by atoms with Crippen LogP contribution in [0.15, 0.2) is 29.2 Å². The molecule has 0 fully saturated rings. The van der Waals surface area contributed by atoms with Gasteiger partial charge in [-0.3, -0.25) is 0 Å². The minimum atomic E-state index is 0.863. The lowest BCUT2D eigenvalue weighted by Crippen LogP contribution is -1.63. The van der Waals surface area contributed by atoms with Crippen LogP contribution in [-0.4, -0.2) is 5.75 Å². The normalized spacial score (nSPS) is 8.33. The van der Waals surface area contributed by atoms with Crippen molar-refractivity contribution in [2.75, 3.05) is 5.75 Å². The van der Waals surface area contributed by atoms with E-state index in [0.717, 1.165) is 5.75 Å². The van der Waals surface area contributed by atoms with Gasteiger partial charge in [0.2, 0.25) is 0 Å². The standard InChI is InChI=1S/C5H6S.C5H10S/c1-5-3-2-4-6-5;1-5(2)3-4-6/h2-4H,1H3;3,6H,4H2,1-2H3. The van der Waals surface area contributed by atoms with Gasteiger partial charge in [-0.2, -0.15) is 12.6 Å². The van der Waals surface area contributed by atoms with Gasteiger partial charge < -0.3 is 0 Å². The predicted molar refractivity (Wildman–Crippen MR) is 62.3 cm³/mol. The zero-order valence-electron chi connectivity index (χ0n) is 7.87. The molecule has 0 saturated carbocycles. The van der Waals surface area contributed by atoms with Gasteiger partial charge in [-0.15, -0.1) is 11.3 Å². The summed E-state index contributed by atoms with van der Waals surface area (Å²) in [6.07, 6.45) is 2.07. The lowest BCUT2D eigenvalue weighted by molar-refractivity contribution is 1.37. The Bertz CT molecular complexity index is 206. The SMILES string of the molecule is CC(C)=CCS.Cc1cccs1. The van der Waals surface area contributed by atoms with E-state index in [1.54, 1.807) is 11.3 Å². The third kappa shape index (κ3) is 7.89. The number of aryl methyl sites for hydroxylation is 1. The number of hydrogen-bond donors (Lipinski definition) is 1. The van der Waals surface area contributed by atoms with Crippen LogP contribution in [-0.2, 0) is 0 Å². The van der Waals surface area contributed by atoms with Crippen LogP contribution in [0, 0.1) is 6.92 Å². The molecule has 2 heteroatoms. The number of hydrogen-bond acceptors (Lipinski definition) is 2. The Morgan fingerprint density at radius 1 is 1.58 bits per heavy atom. The summed E-state index contributed by atoms with van der Waals surface area (Å²) >= 11 is 5.76. The summed E-state index contributed by atoms with van der Waals surface area (Å²) in [5.74, 6) is 0.863. The molecule has 0 N–H and O–H groups in total. The molecule has 0 nitrogen and oxygen atoms in total. The average Bonchev–Trinajstić information content (AvgIpc) is 2.40. The van der Waals surface area contributed by atoms with Crippen molar-refractivity contribution in [2.45, 2.75) is 20.8 Å². The molecule has 1 rings (SSSR count). The van der Waals surface area contributed by atoms with Gasteiger partial charge in [0.1, 0.15) is 0 Å². The Morgan fingerprint density at radius 3 is 2.33 bits per heavy atom. The quantitative estimate of drug-likeness (QED) is 0.515. The summed E-state index contributed by atoms with van der Waals surface area (Å²) in [5, 5.41) is 2.08. The highest BCUT2D eigenvalue weighted by atomic mass is 32.1. The van der Waals surface area contributed by atoms with Crippen LogP contribution in [0.3, 0.4) is 0 Å². The molecule has 0 aliphatic rings. The molecular formula is C10H16S2. The van der Waals surface area contributed by atoms with Crippen LogP contribution in [0.1, 0.15) is 18.7 Å². The Hall–Kier alpha value is -0.210. The molecule has 0 aliphatic carbocycles. The summed E-state index contributed by atoms with van der Waals surface area (Å²) in [4.78, 5) is 1.38. The predicted octanol–water partition coefficient (Wildman–Crippen LogP) is 3.94. The largest absolute Gasteiger partial charge is 0.175 e. The van der Waals surface area contributed by atoms with E-state index >= 15 is 0 Å². The van der Waals surface area contributed by atoms with Gasteiger partial charge >= 0.3 is 0 Å². The zero-order valence-corrected chi connectivity index (χ0v) is 9.58. The van der Waals surface area contributed by atoms with Gasteiger partial charge in [0.15, 0.2) is 0 Å². The lowest BCUT2D eigenvalue weighted by atomic mass is 10.3. The van der Waals surface area contributed by atoms with Crippen molar-refractivity contribution >= 4 is 24.0 Å². The Balaban J connectivity index is 0.000000202. The maximum absolute atomic E-state index is 3.98. The smallest absolute Gasteiger partial charge is 0.00849 e. The molecule has 1 aromatic rings. The number of allylic oxidation sites excluding steroid dienone is 1. The molecule has 68 valence electrons. The molecule has 12 heavy (non-hydrogen) atoms. The average molecular weight is 200 g/mol. The van der Waals surface area contributed by atoms with Gasteiger partial charge in [0.25, 0.3) is 0 Å². The summed E-state index contributed by atoms with van der Waals surface area (Å²) in [5.41, 5.74) is 1.34. The van der Waals surface area contributed by atoms with Gasteiger partial charge in [0, 0.05) is 10.6 Å². The van der Waals surface area contributed by atoms with E-state index in [9.17, 15) is 0 Å². The number of thiophene rings is 1. The van der Waals surface area contributed by atoms with E-state index in [4.69, 9.17) is 0 Å². The fraction of sp³-hybridized carbons (Fsp3) is 0.400. The highest BCUT2D eigenvalue weighted by Crippen LogP contribution is 2.03. The van der Waals surface area contributed by atoms with E-state index in [1.807, 2.05) is 0 Å². The van der Waals surface area contributed by atoms with Crippen LogP contribution >= 0.6 is 24.0 Å². The summed E-state index contributed by atoms with van der Waals surface area (Å²) < 4.78 is 0. The van der Waals surface area contributed by atoms with Gasteiger partial charge in [-0.1, -0.05) is 17.7 Å². The van der Waals surface area contributed by atoms with Crippen molar-refractivity contribution < 1.29 is 0 Å². The van der Waals surface area contributed by atoms with Crippen LogP contribution < -0.4 is 0 Å². The van der Waals surface area contributed by atoms with E-state index in [0.29, 0.717) is 0 Å². The molecule has 0 unspecified atom stereocenters. The van der Waals surface area contributed by atoms with Crippen molar-refractivity contribution in [3.05, 3.63) is 34.0 Å². The fourth-order valence-electron chi connectivity index (χ4n) is 0.543. The van der Waals surface area contributed by atoms with Crippen LogP contribution in [0.2, 0.25) is 0 Å². The van der Waals surface area contributed by atoms with Gasteiger partial charge in [0.05, 0.1) is 0 Å². The maximum Gasteiger partial charge on any atom is 0.00849 e. The van der Waals surface area contributed by atoms with Gasteiger partial charge in [-0.05, 0) is 32.2 Å². The molecule has 0 amide bonds. The molecule has 0 aromatic carbocycles. The molecule has 1 aromatic heterocycles. The first-order valence-electron chi connectivity index (χ1n) is 3.91. The number of rotatable bonds is 1. The first kappa shape index (κ1) is 11.8.